The Labute approximate surface area is 183 Å². The topological polar surface area (TPSA) is 55.8 Å². The maximum atomic E-state index is 13.2. The summed E-state index contributed by atoms with van der Waals surface area (Å²) in [5, 5.41) is 0.591. The van der Waals surface area contributed by atoms with Gasteiger partial charge in [-0.1, -0.05) is 54.6 Å². The zero-order valence-electron chi connectivity index (χ0n) is 17.7. The highest BCUT2D eigenvalue weighted by molar-refractivity contribution is 6.30. The van der Waals surface area contributed by atoms with Crippen molar-refractivity contribution in [2.24, 2.45) is 0 Å². The standard InChI is InChI=1S/C24H28ClNO4/c1-6-7-19(16(2)3)15-30-24(28)23-17(4)26(12-13-29-5)22(27)14-21(23)18-8-10-20(25)11-9-18/h6-11,21H,1-2,12-15H2,3-5H3/b19-7-. The lowest BCUT2D eigenvalue weighted by Gasteiger charge is -2.34. The minimum Gasteiger partial charge on any atom is -0.457 e. The molecule has 1 atom stereocenters. The van der Waals surface area contributed by atoms with Gasteiger partial charge in [0.05, 0.1) is 12.2 Å². The smallest absolute Gasteiger partial charge is 0.336 e. The van der Waals surface area contributed by atoms with E-state index in [-0.39, 0.29) is 18.9 Å². The molecule has 0 spiro atoms. The van der Waals surface area contributed by atoms with Crippen LogP contribution in [0.25, 0.3) is 0 Å². The molecule has 0 saturated carbocycles. The van der Waals surface area contributed by atoms with E-state index < -0.39 is 11.9 Å². The number of methoxy groups -OCH3 is 1. The molecular formula is C24H28ClNO4. The summed E-state index contributed by atoms with van der Waals surface area (Å²) in [6.45, 7) is 12.0. The van der Waals surface area contributed by atoms with Crippen LogP contribution in [0, 0.1) is 0 Å². The monoisotopic (exact) mass is 429 g/mol. The zero-order valence-corrected chi connectivity index (χ0v) is 18.5. The molecule has 0 fully saturated rings. The molecule has 5 nitrogen and oxygen atoms in total. The number of carbonyl (C=O) groups excluding carboxylic acids is 2. The molecule has 1 heterocycles. The summed E-state index contributed by atoms with van der Waals surface area (Å²) >= 11 is 6.02. The Morgan fingerprint density at radius 1 is 1.33 bits per heavy atom. The minimum atomic E-state index is -0.460. The molecule has 1 unspecified atom stereocenters. The number of amides is 1. The van der Waals surface area contributed by atoms with E-state index in [1.54, 1.807) is 43.2 Å². The average Bonchev–Trinajstić information content (AvgIpc) is 2.70. The molecular weight excluding hydrogens is 402 g/mol. The van der Waals surface area contributed by atoms with E-state index in [0.29, 0.717) is 29.4 Å². The van der Waals surface area contributed by atoms with Crippen molar-refractivity contribution < 1.29 is 19.1 Å². The Kier molecular flexibility index (Phi) is 8.63. The van der Waals surface area contributed by atoms with Crippen LogP contribution in [0.1, 0.15) is 31.7 Å². The van der Waals surface area contributed by atoms with Crippen molar-refractivity contribution in [1.29, 1.82) is 0 Å². The Balaban J connectivity index is 2.41. The summed E-state index contributed by atoms with van der Waals surface area (Å²) in [5.41, 5.74) is 3.46. The lowest BCUT2D eigenvalue weighted by molar-refractivity contribution is -0.139. The summed E-state index contributed by atoms with van der Waals surface area (Å²) < 4.78 is 10.7. The summed E-state index contributed by atoms with van der Waals surface area (Å²) in [6.07, 6.45) is 3.57. The Morgan fingerprint density at radius 2 is 2.00 bits per heavy atom. The molecule has 0 aromatic heterocycles. The molecule has 160 valence electrons. The van der Waals surface area contributed by atoms with E-state index in [9.17, 15) is 9.59 Å². The number of halogens is 1. The van der Waals surface area contributed by atoms with Gasteiger partial charge in [0.1, 0.15) is 6.61 Å². The van der Waals surface area contributed by atoms with Crippen LogP contribution in [0.5, 0.6) is 0 Å². The molecule has 0 N–H and O–H groups in total. The molecule has 0 saturated heterocycles. The van der Waals surface area contributed by atoms with Gasteiger partial charge in [-0.3, -0.25) is 4.79 Å². The number of esters is 1. The van der Waals surface area contributed by atoms with Crippen molar-refractivity contribution in [3.05, 3.63) is 82.6 Å². The molecule has 30 heavy (non-hydrogen) atoms. The van der Waals surface area contributed by atoms with E-state index in [1.165, 1.54) is 0 Å². The van der Waals surface area contributed by atoms with Gasteiger partial charge in [-0.15, -0.1) is 0 Å². The van der Waals surface area contributed by atoms with Crippen molar-refractivity contribution in [1.82, 2.24) is 4.90 Å². The highest BCUT2D eigenvalue weighted by Gasteiger charge is 2.36. The van der Waals surface area contributed by atoms with Gasteiger partial charge in [-0.05, 0) is 37.1 Å². The fourth-order valence-electron chi connectivity index (χ4n) is 3.39. The van der Waals surface area contributed by atoms with Crippen LogP contribution in [-0.4, -0.2) is 43.6 Å². The van der Waals surface area contributed by atoms with E-state index in [0.717, 1.165) is 16.7 Å². The maximum absolute atomic E-state index is 13.2. The van der Waals surface area contributed by atoms with Gasteiger partial charge in [-0.25, -0.2) is 4.79 Å². The number of carbonyl (C=O) groups is 2. The summed E-state index contributed by atoms with van der Waals surface area (Å²) in [7, 11) is 1.57. The first-order valence-electron chi connectivity index (χ1n) is 9.70. The Hall–Kier alpha value is -2.63. The Morgan fingerprint density at radius 3 is 2.57 bits per heavy atom. The lowest BCUT2D eigenvalue weighted by atomic mass is 9.83. The van der Waals surface area contributed by atoms with Gasteiger partial charge in [-0.2, -0.15) is 0 Å². The van der Waals surface area contributed by atoms with Crippen LogP contribution < -0.4 is 0 Å². The third kappa shape index (κ3) is 5.71. The van der Waals surface area contributed by atoms with Crippen molar-refractivity contribution >= 4 is 23.5 Å². The molecule has 6 heteroatoms. The second-order valence-electron chi connectivity index (χ2n) is 7.13. The second kappa shape index (κ2) is 11.0. The Bertz CT molecular complexity index is 883. The van der Waals surface area contributed by atoms with Gasteiger partial charge >= 0.3 is 5.97 Å². The minimum absolute atomic E-state index is 0.0600. The number of nitrogens with zero attached hydrogens (tertiary/aromatic N) is 1. The van der Waals surface area contributed by atoms with Crippen LogP contribution in [0.2, 0.25) is 5.02 Å². The third-order valence-corrected chi connectivity index (χ3v) is 5.31. The van der Waals surface area contributed by atoms with Crippen molar-refractivity contribution in [3.63, 3.8) is 0 Å². The predicted octanol–water partition coefficient (Wildman–Crippen LogP) is 4.81. The first-order valence-corrected chi connectivity index (χ1v) is 10.1. The van der Waals surface area contributed by atoms with Crippen LogP contribution in [0.4, 0.5) is 0 Å². The number of allylic oxidation sites excluding steroid dienone is 3. The van der Waals surface area contributed by atoms with Gasteiger partial charge in [0.25, 0.3) is 0 Å². The second-order valence-corrected chi connectivity index (χ2v) is 7.57. The molecule has 1 amide bonds. The number of ether oxygens (including phenoxy) is 2. The molecule has 2 rings (SSSR count). The fourth-order valence-corrected chi connectivity index (χ4v) is 3.52. The molecule has 1 aromatic rings. The molecule has 1 aliphatic heterocycles. The maximum Gasteiger partial charge on any atom is 0.336 e. The fraction of sp³-hybridized carbons (Fsp3) is 0.333. The number of benzene rings is 1. The van der Waals surface area contributed by atoms with Gasteiger partial charge in [0.2, 0.25) is 5.91 Å². The van der Waals surface area contributed by atoms with Crippen LogP contribution >= 0.6 is 11.6 Å². The van der Waals surface area contributed by atoms with E-state index >= 15 is 0 Å². The summed E-state index contributed by atoms with van der Waals surface area (Å²) in [5.74, 6) is -0.925. The number of rotatable bonds is 9. The van der Waals surface area contributed by atoms with Gasteiger partial charge in [0, 0.05) is 36.7 Å². The lowest BCUT2D eigenvalue weighted by Crippen LogP contribution is -2.40. The highest BCUT2D eigenvalue weighted by Crippen LogP contribution is 2.37. The number of hydrogen-bond donors (Lipinski definition) is 0. The van der Waals surface area contributed by atoms with Crippen molar-refractivity contribution in [2.75, 3.05) is 26.9 Å². The van der Waals surface area contributed by atoms with Crippen LogP contribution in [0.3, 0.4) is 0 Å². The molecule has 0 aliphatic carbocycles. The molecule has 0 radical (unpaired) electrons. The average molecular weight is 430 g/mol. The summed E-state index contributed by atoms with van der Waals surface area (Å²) in [4.78, 5) is 27.5. The highest BCUT2D eigenvalue weighted by atomic mass is 35.5. The largest absolute Gasteiger partial charge is 0.457 e. The first-order chi connectivity index (χ1) is 14.3. The zero-order chi connectivity index (χ0) is 22.3. The normalized spacial score (nSPS) is 17.2. The predicted molar refractivity (Wildman–Crippen MR) is 119 cm³/mol. The molecule has 1 aliphatic rings. The number of hydrogen-bond acceptors (Lipinski definition) is 4. The third-order valence-electron chi connectivity index (χ3n) is 5.06. The summed E-state index contributed by atoms with van der Waals surface area (Å²) in [6, 6.07) is 7.18. The van der Waals surface area contributed by atoms with Gasteiger partial charge in [0.15, 0.2) is 0 Å². The molecule has 1 aromatic carbocycles. The van der Waals surface area contributed by atoms with E-state index in [4.69, 9.17) is 21.1 Å². The van der Waals surface area contributed by atoms with Gasteiger partial charge < -0.3 is 14.4 Å². The SMILES string of the molecule is C=C/C=C(/COC(=O)C1=C(C)N(CCOC)C(=O)CC1c1ccc(Cl)cc1)C(=C)C. The van der Waals surface area contributed by atoms with E-state index in [2.05, 4.69) is 13.2 Å². The first kappa shape index (κ1) is 23.6. The van der Waals surface area contributed by atoms with Crippen molar-refractivity contribution in [2.45, 2.75) is 26.2 Å². The quantitative estimate of drug-likeness (QED) is 0.417. The van der Waals surface area contributed by atoms with E-state index in [1.807, 2.05) is 19.1 Å². The van der Waals surface area contributed by atoms with Crippen LogP contribution in [-0.2, 0) is 19.1 Å². The van der Waals surface area contributed by atoms with Crippen molar-refractivity contribution in [3.8, 4) is 0 Å². The molecule has 0 bridgehead atoms. The van der Waals surface area contributed by atoms with Crippen LogP contribution in [0.15, 0.2) is 72.0 Å².